The predicted molar refractivity (Wildman–Crippen MR) is 91.3 cm³/mol. The molecular weight excluding hydrogens is 292 g/mol. The van der Waals surface area contributed by atoms with Crippen LogP contribution in [-0.4, -0.2) is 27.2 Å². The number of carbonyl (C=O) groups excluding carboxylic acids is 1. The summed E-state index contributed by atoms with van der Waals surface area (Å²) in [7, 11) is 0. The number of benzene rings is 1. The molecule has 5 heteroatoms. The third kappa shape index (κ3) is 3.80. The van der Waals surface area contributed by atoms with Gasteiger partial charge >= 0.3 is 6.09 Å². The SMILES string of the molecule is C=CCC/C(=N\O)c1cc2ccccc2n1C(=O)OC(C)(C)C. The van der Waals surface area contributed by atoms with Crippen molar-refractivity contribution in [2.24, 2.45) is 5.16 Å². The first kappa shape index (κ1) is 16.8. The van der Waals surface area contributed by atoms with Crippen LogP contribution in [0.1, 0.15) is 39.3 Å². The molecule has 1 aromatic carbocycles. The van der Waals surface area contributed by atoms with Gasteiger partial charge in [0, 0.05) is 5.39 Å². The van der Waals surface area contributed by atoms with Crippen LogP contribution in [0.15, 0.2) is 48.1 Å². The van der Waals surface area contributed by atoms with E-state index < -0.39 is 11.7 Å². The van der Waals surface area contributed by atoms with Crippen molar-refractivity contribution in [3.63, 3.8) is 0 Å². The number of fused-ring (bicyclic) bond motifs is 1. The summed E-state index contributed by atoms with van der Waals surface area (Å²) in [5.74, 6) is 0. The van der Waals surface area contributed by atoms with Gasteiger partial charge in [-0.25, -0.2) is 9.36 Å². The molecule has 0 fully saturated rings. The van der Waals surface area contributed by atoms with Crippen LogP contribution in [0.4, 0.5) is 4.79 Å². The first-order valence-electron chi connectivity index (χ1n) is 7.53. The van der Waals surface area contributed by atoms with E-state index in [0.29, 0.717) is 24.2 Å². The third-order valence-electron chi connectivity index (χ3n) is 3.29. The minimum absolute atomic E-state index is 0.423. The Morgan fingerprint density at radius 3 is 2.70 bits per heavy atom. The highest BCUT2D eigenvalue weighted by Gasteiger charge is 2.24. The summed E-state index contributed by atoms with van der Waals surface area (Å²) in [6.07, 6.45) is 2.38. The van der Waals surface area contributed by atoms with Gasteiger partial charge < -0.3 is 9.94 Å². The lowest BCUT2D eigenvalue weighted by molar-refractivity contribution is 0.0543. The van der Waals surface area contributed by atoms with Gasteiger partial charge in [0.1, 0.15) is 11.3 Å². The summed E-state index contributed by atoms with van der Waals surface area (Å²) in [6.45, 7) is 9.12. The molecule has 0 unspecified atom stereocenters. The van der Waals surface area contributed by atoms with Crippen LogP contribution in [0.25, 0.3) is 10.9 Å². The van der Waals surface area contributed by atoms with Gasteiger partial charge in [0.05, 0.1) is 11.2 Å². The Balaban J connectivity index is 2.57. The monoisotopic (exact) mass is 314 g/mol. The van der Waals surface area contributed by atoms with Crippen molar-refractivity contribution in [3.05, 3.63) is 48.7 Å². The minimum Gasteiger partial charge on any atom is -0.443 e. The largest absolute Gasteiger partial charge is 0.443 e. The molecule has 1 heterocycles. The van der Waals surface area contributed by atoms with Crippen molar-refractivity contribution in [3.8, 4) is 0 Å². The molecule has 0 aliphatic rings. The number of hydrogen-bond donors (Lipinski definition) is 1. The molecular formula is C18H22N2O3. The number of nitrogens with zero attached hydrogens (tertiary/aromatic N) is 2. The van der Waals surface area contributed by atoms with Crippen molar-refractivity contribution in [2.45, 2.75) is 39.2 Å². The Bertz CT molecular complexity index is 751. The Morgan fingerprint density at radius 1 is 1.39 bits per heavy atom. The molecule has 0 spiro atoms. The lowest BCUT2D eigenvalue weighted by Gasteiger charge is -2.21. The molecule has 0 bridgehead atoms. The Morgan fingerprint density at radius 2 is 2.09 bits per heavy atom. The van der Waals surface area contributed by atoms with E-state index in [1.165, 1.54) is 4.57 Å². The van der Waals surface area contributed by atoms with Gasteiger partial charge in [-0.2, -0.15) is 0 Å². The molecule has 0 saturated heterocycles. The van der Waals surface area contributed by atoms with Crippen molar-refractivity contribution >= 4 is 22.7 Å². The highest BCUT2D eigenvalue weighted by molar-refractivity contribution is 6.07. The Labute approximate surface area is 135 Å². The van der Waals surface area contributed by atoms with E-state index in [1.54, 1.807) is 6.08 Å². The molecule has 1 N–H and O–H groups in total. The number of allylic oxidation sites excluding steroid dienone is 1. The maximum atomic E-state index is 12.6. The first-order valence-corrected chi connectivity index (χ1v) is 7.53. The number of ether oxygens (including phenoxy) is 1. The fourth-order valence-corrected chi connectivity index (χ4v) is 2.34. The van der Waals surface area contributed by atoms with Crippen LogP contribution in [0.3, 0.4) is 0 Å². The summed E-state index contributed by atoms with van der Waals surface area (Å²) >= 11 is 0. The molecule has 2 rings (SSSR count). The molecule has 0 saturated carbocycles. The topological polar surface area (TPSA) is 63.8 Å². The van der Waals surface area contributed by atoms with E-state index in [9.17, 15) is 10.0 Å². The lowest BCUT2D eigenvalue weighted by Crippen LogP contribution is -2.28. The van der Waals surface area contributed by atoms with Crippen LogP contribution in [0, 0.1) is 0 Å². The third-order valence-corrected chi connectivity index (χ3v) is 3.29. The van der Waals surface area contributed by atoms with Crippen LogP contribution < -0.4 is 0 Å². The van der Waals surface area contributed by atoms with Crippen LogP contribution in [0.5, 0.6) is 0 Å². The Hall–Kier alpha value is -2.56. The minimum atomic E-state index is -0.614. The molecule has 1 aromatic heterocycles. The normalized spacial score (nSPS) is 12.4. The zero-order valence-corrected chi connectivity index (χ0v) is 13.7. The number of para-hydroxylation sites is 1. The second-order valence-corrected chi connectivity index (χ2v) is 6.28. The summed E-state index contributed by atoms with van der Waals surface area (Å²) < 4.78 is 6.95. The van der Waals surface area contributed by atoms with Gasteiger partial charge in [0.25, 0.3) is 0 Å². The van der Waals surface area contributed by atoms with Crippen molar-refractivity contribution < 1.29 is 14.7 Å². The number of hydrogen-bond acceptors (Lipinski definition) is 4. The summed E-state index contributed by atoms with van der Waals surface area (Å²) in [6, 6.07) is 9.32. The maximum Gasteiger partial charge on any atom is 0.419 e. The van der Waals surface area contributed by atoms with E-state index in [2.05, 4.69) is 11.7 Å². The van der Waals surface area contributed by atoms with Crippen molar-refractivity contribution in [1.82, 2.24) is 4.57 Å². The lowest BCUT2D eigenvalue weighted by atomic mass is 10.1. The molecule has 2 aromatic rings. The van der Waals surface area contributed by atoms with Gasteiger partial charge in [0.2, 0.25) is 0 Å². The van der Waals surface area contributed by atoms with Gasteiger partial charge in [-0.3, -0.25) is 0 Å². The van der Waals surface area contributed by atoms with Gasteiger partial charge in [-0.15, -0.1) is 6.58 Å². The smallest absolute Gasteiger partial charge is 0.419 e. The van der Waals surface area contributed by atoms with E-state index >= 15 is 0 Å². The van der Waals surface area contributed by atoms with Gasteiger partial charge in [-0.05, 0) is 45.7 Å². The molecule has 122 valence electrons. The summed E-state index contributed by atoms with van der Waals surface area (Å²) in [5, 5.41) is 13.6. The zero-order valence-electron chi connectivity index (χ0n) is 13.7. The fraction of sp³-hybridized carbons (Fsp3) is 0.333. The number of carbonyl (C=O) groups is 1. The molecule has 0 radical (unpaired) electrons. The van der Waals surface area contributed by atoms with Crippen molar-refractivity contribution in [1.29, 1.82) is 0 Å². The molecule has 23 heavy (non-hydrogen) atoms. The second-order valence-electron chi connectivity index (χ2n) is 6.28. The standard InChI is InChI=1S/C18H22N2O3/c1-5-6-10-14(19-22)16-12-13-9-7-8-11-15(13)20(16)17(21)23-18(2,3)4/h5,7-9,11-12,22H,1,6,10H2,2-4H3/b19-14+. The highest BCUT2D eigenvalue weighted by Crippen LogP contribution is 2.23. The van der Waals surface area contributed by atoms with Crippen LogP contribution >= 0.6 is 0 Å². The average Bonchev–Trinajstić information content (AvgIpc) is 2.85. The van der Waals surface area contributed by atoms with E-state index in [0.717, 1.165) is 10.9 Å². The first-order chi connectivity index (χ1) is 10.9. The number of oxime groups is 1. The zero-order chi connectivity index (χ0) is 17.0. The van der Waals surface area contributed by atoms with Gasteiger partial charge in [0.15, 0.2) is 0 Å². The van der Waals surface area contributed by atoms with E-state index in [1.807, 2.05) is 51.1 Å². The van der Waals surface area contributed by atoms with E-state index in [-0.39, 0.29) is 0 Å². The molecule has 0 atom stereocenters. The fourth-order valence-electron chi connectivity index (χ4n) is 2.34. The average molecular weight is 314 g/mol. The maximum absolute atomic E-state index is 12.6. The molecule has 5 nitrogen and oxygen atoms in total. The quantitative estimate of drug-likeness (QED) is 0.389. The van der Waals surface area contributed by atoms with Gasteiger partial charge in [-0.1, -0.05) is 29.4 Å². The highest BCUT2D eigenvalue weighted by atomic mass is 16.6. The second kappa shape index (κ2) is 6.69. The Kier molecular flexibility index (Phi) is 4.89. The summed E-state index contributed by atoms with van der Waals surface area (Å²) in [5.41, 5.74) is 1.06. The van der Waals surface area contributed by atoms with E-state index in [4.69, 9.17) is 4.74 Å². The van der Waals surface area contributed by atoms with Crippen LogP contribution in [0.2, 0.25) is 0 Å². The molecule has 0 aliphatic heterocycles. The predicted octanol–water partition coefficient (Wildman–Crippen LogP) is 4.57. The summed E-state index contributed by atoms with van der Waals surface area (Å²) in [4.78, 5) is 12.6. The van der Waals surface area contributed by atoms with Crippen LogP contribution in [-0.2, 0) is 4.74 Å². The number of aromatic nitrogens is 1. The molecule has 0 aliphatic carbocycles. The molecule has 0 amide bonds. The van der Waals surface area contributed by atoms with Crippen molar-refractivity contribution in [2.75, 3.05) is 0 Å². The number of rotatable bonds is 4.